The van der Waals surface area contributed by atoms with Crippen LogP contribution < -0.4 is 14.4 Å². The van der Waals surface area contributed by atoms with Gasteiger partial charge in [-0.2, -0.15) is 0 Å². The third-order valence-electron chi connectivity index (χ3n) is 4.68. The van der Waals surface area contributed by atoms with Crippen molar-refractivity contribution in [3.63, 3.8) is 0 Å². The fraction of sp³-hybridized carbons (Fsp3) is 0.381. The van der Waals surface area contributed by atoms with E-state index >= 15 is 0 Å². The highest BCUT2D eigenvalue weighted by atomic mass is 32.2. The molecule has 6 nitrogen and oxygen atoms in total. The molecule has 0 aliphatic rings. The van der Waals surface area contributed by atoms with Gasteiger partial charge in [-0.15, -0.1) is 0 Å². The van der Waals surface area contributed by atoms with Crippen LogP contribution in [0.5, 0.6) is 5.75 Å². The zero-order chi connectivity index (χ0) is 21.1. The number of aryl methyl sites for hydroxylation is 2. The molecular weight excluding hydrogens is 376 g/mol. The Morgan fingerprint density at radius 1 is 1.07 bits per heavy atom. The lowest BCUT2D eigenvalue weighted by Crippen LogP contribution is -2.48. The molecule has 0 heterocycles. The van der Waals surface area contributed by atoms with Crippen molar-refractivity contribution >= 4 is 21.6 Å². The minimum absolute atomic E-state index is 0.243. The Hall–Kier alpha value is -2.54. The Morgan fingerprint density at radius 3 is 2.21 bits per heavy atom. The predicted molar refractivity (Wildman–Crippen MR) is 112 cm³/mol. The fourth-order valence-electron chi connectivity index (χ4n) is 3.18. The zero-order valence-electron chi connectivity index (χ0n) is 17.2. The summed E-state index contributed by atoms with van der Waals surface area (Å²) in [6.45, 7) is 7.46. The van der Waals surface area contributed by atoms with E-state index in [9.17, 15) is 13.2 Å². The van der Waals surface area contributed by atoms with Crippen molar-refractivity contribution < 1.29 is 17.9 Å². The van der Waals surface area contributed by atoms with Gasteiger partial charge in [0.1, 0.15) is 11.8 Å². The van der Waals surface area contributed by atoms with Crippen molar-refractivity contribution in [1.29, 1.82) is 0 Å². The van der Waals surface area contributed by atoms with Crippen LogP contribution in [0.1, 0.15) is 36.6 Å². The van der Waals surface area contributed by atoms with Gasteiger partial charge in [-0.25, -0.2) is 8.42 Å². The maximum absolute atomic E-state index is 12.9. The summed E-state index contributed by atoms with van der Waals surface area (Å²) in [7, 11) is -2.13. The maximum Gasteiger partial charge on any atom is 0.244 e. The Labute approximate surface area is 167 Å². The second-order valence-electron chi connectivity index (χ2n) is 7.02. The maximum atomic E-state index is 12.9. The van der Waals surface area contributed by atoms with Gasteiger partial charge in [0.2, 0.25) is 15.9 Å². The number of sulfonamides is 1. The second-order valence-corrected chi connectivity index (χ2v) is 8.88. The van der Waals surface area contributed by atoms with E-state index in [-0.39, 0.29) is 11.9 Å². The van der Waals surface area contributed by atoms with Crippen LogP contribution in [0.2, 0.25) is 0 Å². The molecule has 0 aliphatic carbocycles. The van der Waals surface area contributed by atoms with E-state index in [1.54, 1.807) is 31.2 Å². The molecule has 0 unspecified atom stereocenters. The molecule has 2 aromatic carbocycles. The van der Waals surface area contributed by atoms with E-state index in [0.29, 0.717) is 11.4 Å². The summed E-state index contributed by atoms with van der Waals surface area (Å²) in [6, 6.07) is 11.5. The molecule has 0 spiro atoms. The first-order valence-corrected chi connectivity index (χ1v) is 10.9. The van der Waals surface area contributed by atoms with Crippen molar-refractivity contribution in [2.45, 2.75) is 39.8 Å². The lowest BCUT2D eigenvalue weighted by Gasteiger charge is -2.29. The molecule has 2 rings (SSSR count). The Balaban J connectivity index is 2.27. The van der Waals surface area contributed by atoms with Gasteiger partial charge in [0, 0.05) is 0 Å². The smallest absolute Gasteiger partial charge is 0.244 e. The second kappa shape index (κ2) is 8.65. The van der Waals surface area contributed by atoms with Crippen LogP contribution in [-0.2, 0) is 14.8 Å². The van der Waals surface area contributed by atoms with Gasteiger partial charge in [0.05, 0.1) is 25.1 Å². The minimum atomic E-state index is -3.67. The third kappa shape index (κ3) is 5.04. The SMILES string of the molecule is COc1ccc(N([C@H](C)C(=O)N[C@@H](C)c2cc(C)ccc2C)S(C)(=O)=O)cc1. The largest absolute Gasteiger partial charge is 0.497 e. The molecule has 0 saturated heterocycles. The monoisotopic (exact) mass is 404 g/mol. The Morgan fingerprint density at radius 2 is 1.68 bits per heavy atom. The number of hydrogen-bond acceptors (Lipinski definition) is 4. The van der Waals surface area contributed by atoms with Gasteiger partial charge >= 0.3 is 0 Å². The number of nitrogens with zero attached hydrogens (tertiary/aromatic N) is 1. The molecule has 2 atom stereocenters. The van der Waals surface area contributed by atoms with Gasteiger partial charge in [0.25, 0.3) is 0 Å². The predicted octanol–water partition coefficient (Wildman–Crippen LogP) is 3.34. The quantitative estimate of drug-likeness (QED) is 0.768. The van der Waals surface area contributed by atoms with Gasteiger partial charge in [0.15, 0.2) is 0 Å². The molecule has 0 aromatic heterocycles. The standard InChI is InChI=1S/C21H28N2O4S/c1-14-7-8-15(2)20(13-14)16(3)22-21(24)17(4)23(28(6,25)26)18-9-11-19(27-5)12-10-18/h7-13,16-17H,1-6H3,(H,22,24)/t16-,17+/m0/s1. The van der Waals surface area contributed by atoms with Gasteiger partial charge in [-0.3, -0.25) is 9.10 Å². The molecule has 28 heavy (non-hydrogen) atoms. The molecule has 0 saturated carbocycles. The van der Waals surface area contributed by atoms with Crippen LogP contribution in [0, 0.1) is 13.8 Å². The van der Waals surface area contributed by atoms with E-state index in [1.807, 2.05) is 39.0 Å². The van der Waals surface area contributed by atoms with Crippen molar-refractivity contribution in [3.8, 4) is 5.75 Å². The fourth-order valence-corrected chi connectivity index (χ4v) is 4.35. The number of nitrogens with one attached hydrogen (secondary N) is 1. The molecule has 1 amide bonds. The average Bonchev–Trinajstić information content (AvgIpc) is 2.63. The van der Waals surface area contributed by atoms with Crippen molar-refractivity contribution in [3.05, 3.63) is 59.2 Å². The normalized spacial score (nSPS) is 13.5. The molecule has 152 valence electrons. The summed E-state index contributed by atoms with van der Waals surface area (Å²) in [5, 5.41) is 2.94. The number of ether oxygens (including phenoxy) is 1. The molecule has 7 heteroatoms. The molecule has 0 bridgehead atoms. The number of rotatable bonds is 7. The third-order valence-corrected chi connectivity index (χ3v) is 5.92. The summed E-state index contributed by atoms with van der Waals surface area (Å²) in [4.78, 5) is 12.9. The molecule has 0 aliphatic heterocycles. The van der Waals surface area contributed by atoms with E-state index in [4.69, 9.17) is 4.74 Å². The number of hydrogen-bond donors (Lipinski definition) is 1. The van der Waals surface area contributed by atoms with Gasteiger partial charge in [-0.1, -0.05) is 23.8 Å². The number of anilines is 1. The van der Waals surface area contributed by atoms with Crippen LogP contribution in [0.4, 0.5) is 5.69 Å². The molecule has 1 N–H and O–H groups in total. The summed E-state index contributed by atoms with van der Waals surface area (Å²) < 4.78 is 31.0. The van der Waals surface area contributed by atoms with Crippen molar-refractivity contribution in [2.24, 2.45) is 0 Å². The molecule has 0 fully saturated rings. The number of amides is 1. The number of carbonyl (C=O) groups excluding carboxylic acids is 1. The van der Waals surface area contributed by atoms with Crippen LogP contribution in [-0.4, -0.2) is 33.7 Å². The highest BCUT2D eigenvalue weighted by molar-refractivity contribution is 7.92. The minimum Gasteiger partial charge on any atom is -0.497 e. The van der Waals surface area contributed by atoms with Crippen LogP contribution in [0.25, 0.3) is 0 Å². The van der Waals surface area contributed by atoms with Gasteiger partial charge < -0.3 is 10.1 Å². The molecule has 2 aromatic rings. The average molecular weight is 405 g/mol. The van der Waals surface area contributed by atoms with Crippen LogP contribution in [0.15, 0.2) is 42.5 Å². The van der Waals surface area contributed by atoms with E-state index in [1.165, 1.54) is 7.11 Å². The van der Waals surface area contributed by atoms with Gasteiger partial charge in [-0.05, 0) is 63.1 Å². The van der Waals surface area contributed by atoms with Crippen molar-refractivity contribution in [1.82, 2.24) is 5.32 Å². The Bertz CT molecular complexity index is 939. The Kier molecular flexibility index (Phi) is 6.72. The van der Waals surface area contributed by atoms with Crippen LogP contribution in [0.3, 0.4) is 0 Å². The highest BCUT2D eigenvalue weighted by Crippen LogP contribution is 2.25. The number of benzene rings is 2. The summed E-state index contributed by atoms with van der Waals surface area (Å²) in [5.41, 5.74) is 3.59. The lowest BCUT2D eigenvalue weighted by molar-refractivity contribution is -0.122. The highest BCUT2D eigenvalue weighted by Gasteiger charge is 2.30. The summed E-state index contributed by atoms with van der Waals surface area (Å²) in [6.07, 6.45) is 1.09. The summed E-state index contributed by atoms with van der Waals surface area (Å²) in [5.74, 6) is 0.243. The first-order valence-electron chi connectivity index (χ1n) is 9.05. The first kappa shape index (κ1) is 21.8. The van der Waals surface area contributed by atoms with Crippen LogP contribution >= 0.6 is 0 Å². The van der Waals surface area contributed by atoms with E-state index in [0.717, 1.165) is 27.3 Å². The number of methoxy groups -OCH3 is 1. The first-order chi connectivity index (χ1) is 13.0. The zero-order valence-corrected chi connectivity index (χ0v) is 18.0. The summed E-state index contributed by atoms with van der Waals surface area (Å²) >= 11 is 0. The van der Waals surface area contributed by atoms with E-state index < -0.39 is 16.1 Å². The molecular formula is C21H28N2O4S. The topological polar surface area (TPSA) is 75.7 Å². The van der Waals surface area contributed by atoms with E-state index in [2.05, 4.69) is 5.32 Å². The number of carbonyl (C=O) groups is 1. The lowest BCUT2D eigenvalue weighted by atomic mass is 10.00. The van der Waals surface area contributed by atoms with Crippen molar-refractivity contribution in [2.75, 3.05) is 17.7 Å². The molecule has 0 radical (unpaired) electrons.